The Hall–Kier alpha value is -6.18. The molecule has 230 valence electrons. The Kier molecular flexibility index (Phi) is 6.38. The maximum atomic E-state index is 6.83. The normalized spacial score (nSPS) is 13.1. The van der Waals surface area contributed by atoms with E-state index < -0.39 is 0 Å². The summed E-state index contributed by atoms with van der Waals surface area (Å²) in [6, 6.07) is 53.4. The van der Waals surface area contributed by atoms with Gasteiger partial charge in [0, 0.05) is 16.5 Å². The third kappa shape index (κ3) is 4.54. The molecule has 0 fully saturated rings. The lowest BCUT2D eigenvalue weighted by Crippen LogP contribution is -2.00. The van der Waals surface area contributed by atoms with Gasteiger partial charge in [0.25, 0.3) is 0 Å². The molecular formula is C48H32O. The molecule has 1 nitrogen and oxygen atoms in total. The van der Waals surface area contributed by atoms with Gasteiger partial charge in [-0.2, -0.15) is 0 Å². The monoisotopic (exact) mass is 624 g/mol. The molecule has 8 aromatic rings. The number of para-hydroxylation sites is 1. The summed E-state index contributed by atoms with van der Waals surface area (Å²) in [5.41, 5.74) is 12.5. The second-order valence-corrected chi connectivity index (χ2v) is 13.1. The van der Waals surface area contributed by atoms with Crippen LogP contribution in [-0.4, -0.2) is 0 Å². The van der Waals surface area contributed by atoms with Crippen molar-refractivity contribution in [3.63, 3.8) is 0 Å². The van der Waals surface area contributed by atoms with Crippen molar-refractivity contribution in [3.05, 3.63) is 181 Å². The molecule has 0 spiro atoms. The number of hydrogen-bond donors (Lipinski definition) is 0. The van der Waals surface area contributed by atoms with Crippen LogP contribution >= 0.6 is 0 Å². The summed E-state index contributed by atoms with van der Waals surface area (Å²) in [5.74, 6) is 1.85. The number of ether oxygens (including phenoxy) is 1. The molecule has 0 unspecified atom stereocenters. The van der Waals surface area contributed by atoms with Gasteiger partial charge in [-0.1, -0.05) is 146 Å². The Balaban J connectivity index is 1.12. The highest BCUT2D eigenvalue weighted by molar-refractivity contribution is 6.22. The lowest BCUT2D eigenvalue weighted by Gasteiger charge is -2.25. The molecule has 0 N–H and O–H groups in total. The molecule has 10 rings (SSSR count). The number of rotatable bonds is 2. The van der Waals surface area contributed by atoms with Crippen molar-refractivity contribution in [2.24, 2.45) is 0 Å². The molecule has 0 radical (unpaired) electrons. The first-order chi connectivity index (χ1) is 24.3. The smallest absolute Gasteiger partial charge is 0.144 e. The molecule has 8 aromatic carbocycles. The first kappa shape index (κ1) is 27.9. The second kappa shape index (κ2) is 11.2. The summed E-state index contributed by atoms with van der Waals surface area (Å²) in [6.07, 6.45) is 10.7. The van der Waals surface area contributed by atoms with E-state index in [1.165, 1.54) is 71.3 Å². The van der Waals surface area contributed by atoms with Crippen molar-refractivity contribution < 1.29 is 4.74 Å². The van der Waals surface area contributed by atoms with Gasteiger partial charge in [0.1, 0.15) is 11.5 Å². The van der Waals surface area contributed by atoms with Gasteiger partial charge >= 0.3 is 0 Å². The number of hydrogen-bond acceptors (Lipinski definition) is 1. The summed E-state index contributed by atoms with van der Waals surface area (Å²) in [7, 11) is 0. The Labute approximate surface area is 286 Å². The van der Waals surface area contributed by atoms with Crippen LogP contribution in [0, 0.1) is 0 Å². The van der Waals surface area contributed by atoms with Crippen LogP contribution in [-0.2, 0) is 12.8 Å². The summed E-state index contributed by atoms with van der Waals surface area (Å²) < 4.78 is 6.83. The van der Waals surface area contributed by atoms with Crippen LogP contribution in [0.15, 0.2) is 170 Å². The first-order valence-electron chi connectivity index (χ1n) is 17.1. The average Bonchev–Trinajstić information content (AvgIpc) is 3.16. The van der Waals surface area contributed by atoms with Crippen molar-refractivity contribution in [2.75, 3.05) is 0 Å². The fourth-order valence-corrected chi connectivity index (χ4v) is 7.98. The lowest BCUT2D eigenvalue weighted by molar-refractivity contribution is 0.489. The second-order valence-electron chi connectivity index (χ2n) is 13.1. The average molecular weight is 625 g/mol. The van der Waals surface area contributed by atoms with Crippen molar-refractivity contribution >= 4 is 32.3 Å². The summed E-state index contributed by atoms with van der Waals surface area (Å²) in [5, 5.41) is 7.29. The lowest BCUT2D eigenvalue weighted by atomic mass is 9.86. The van der Waals surface area contributed by atoms with Crippen LogP contribution in [0.25, 0.3) is 76.8 Å². The zero-order valence-electron chi connectivity index (χ0n) is 27.0. The zero-order chi connectivity index (χ0) is 32.3. The molecule has 1 heteroatoms. The largest absolute Gasteiger partial charge is 0.455 e. The minimum atomic E-state index is 0.905. The Bertz CT molecular complexity index is 2690. The molecule has 1 heterocycles. The molecule has 2 aliphatic rings. The molecule has 0 bridgehead atoms. The van der Waals surface area contributed by atoms with E-state index in [0.717, 1.165) is 41.0 Å². The summed E-state index contributed by atoms with van der Waals surface area (Å²) in [4.78, 5) is 0. The summed E-state index contributed by atoms with van der Waals surface area (Å²) in [6.45, 7) is 0. The van der Waals surface area contributed by atoms with Crippen LogP contribution in [0.4, 0.5) is 0 Å². The van der Waals surface area contributed by atoms with Gasteiger partial charge in [0.05, 0.1) is 0 Å². The van der Waals surface area contributed by atoms with Gasteiger partial charge in [-0.25, -0.2) is 0 Å². The highest BCUT2D eigenvalue weighted by Gasteiger charge is 2.26. The van der Waals surface area contributed by atoms with E-state index in [4.69, 9.17) is 4.74 Å². The minimum absolute atomic E-state index is 0.905. The Morgan fingerprint density at radius 3 is 1.88 bits per heavy atom. The Morgan fingerprint density at radius 2 is 1.02 bits per heavy atom. The fourth-order valence-electron chi connectivity index (χ4n) is 7.98. The van der Waals surface area contributed by atoms with E-state index in [1.54, 1.807) is 0 Å². The predicted molar refractivity (Wildman–Crippen MR) is 206 cm³/mol. The highest BCUT2D eigenvalue weighted by Crippen LogP contribution is 2.53. The predicted octanol–water partition coefficient (Wildman–Crippen LogP) is 13.1. The number of fused-ring (bicyclic) bond motifs is 8. The van der Waals surface area contributed by atoms with E-state index in [0.29, 0.717) is 0 Å². The van der Waals surface area contributed by atoms with Crippen LogP contribution in [0.2, 0.25) is 0 Å². The molecule has 1 aliphatic heterocycles. The molecule has 0 amide bonds. The van der Waals surface area contributed by atoms with Gasteiger partial charge in [-0.15, -0.1) is 0 Å². The summed E-state index contributed by atoms with van der Waals surface area (Å²) >= 11 is 0. The van der Waals surface area contributed by atoms with Crippen LogP contribution < -0.4 is 4.74 Å². The van der Waals surface area contributed by atoms with E-state index in [1.807, 2.05) is 0 Å². The van der Waals surface area contributed by atoms with Crippen LogP contribution in [0.3, 0.4) is 0 Å². The molecule has 1 aliphatic carbocycles. The van der Waals surface area contributed by atoms with Crippen molar-refractivity contribution in [1.82, 2.24) is 0 Å². The SMILES string of the molecule is C1=CCc2ccccc2-c2cc(-c3ccc4cc(-c5c6c7c(cccc7c7ccccc57)-c5ccccc5O6)ccc4c3)ccc2CC=C1. The van der Waals surface area contributed by atoms with Gasteiger partial charge in [-0.05, 0) is 109 Å². The maximum Gasteiger partial charge on any atom is 0.144 e. The number of allylic oxidation sites excluding steroid dienone is 4. The third-order valence-electron chi connectivity index (χ3n) is 10.3. The van der Waals surface area contributed by atoms with E-state index in [-0.39, 0.29) is 0 Å². The van der Waals surface area contributed by atoms with Gasteiger partial charge in [0.15, 0.2) is 0 Å². The van der Waals surface area contributed by atoms with Crippen molar-refractivity contribution in [1.29, 1.82) is 0 Å². The molecule has 49 heavy (non-hydrogen) atoms. The molecular weight excluding hydrogens is 593 g/mol. The first-order valence-corrected chi connectivity index (χ1v) is 17.1. The Morgan fingerprint density at radius 1 is 0.408 bits per heavy atom. The minimum Gasteiger partial charge on any atom is -0.455 e. The number of benzene rings is 8. The molecule has 0 aromatic heterocycles. The van der Waals surface area contributed by atoms with E-state index in [9.17, 15) is 0 Å². The quantitative estimate of drug-likeness (QED) is 0.174. The fraction of sp³-hybridized carbons (Fsp3) is 0.0417. The van der Waals surface area contributed by atoms with Crippen LogP contribution in [0.1, 0.15) is 11.1 Å². The molecule has 0 saturated carbocycles. The topological polar surface area (TPSA) is 9.23 Å². The van der Waals surface area contributed by atoms with E-state index in [2.05, 4.69) is 170 Å². The maximum absolute atomic E-state index is 6.83. The van der Waals surface area contributed by atoms with Crippen molar-refractivity contribution in [3.8, 4) is 56.0 Å². The van der Waals surface area contributed by atoms with Gasteiger partial charge in [-0.3, -0.25) is 0 Å². The molecule has 0 atom stereocenters. The van der Waals surface area contributed by atoms with Gasteiger partial charge < -0.3 is 4.74 Å². The zero-order valence-corrected chi connectivity index (χ0v) is 27.0. The highest BCUT2D eigenvalue weighted by atomic mass is 16.5. The third-order valence-corrected chi connectivity index (χ3v) is 10.3. The van der Waals surface area contributed by atoms with Crippen molar-refractivity contribution in [2.45, 2.75) is 12.8 Å². The van der Waals surface area contributed by atoms with Gasteiger partial charge in [0.2, 0.25) is 0 Å². The van der Waals surface area contributed by atoms with E-state index >= 15 is 0 Å². The molecule has 0 saturated heterocycles. The van der Waals surface area contributed by atoms with Crippen LogP contribution in [0.5, 0.6) is 11.5 Å². The standard InChI is InChI=1S/C48H32O/c1-2-4-13-32-22-23-36(30-44(32)38-15-6-5-14-31(38)12-3-1)34-24-25-35-29-37(27-26-33(35)28-34)46-41-18-8-7-16-39(41)42-19-11-20-43-40-17-9-10-21-45(40)49-48(46)47(42)43/h1-11,14-30H,12-13H2.